The summed E-state index contributed by atoms with van der Waals surface area (Å²) in [6.45, 7) is 13.1. The van der Waals surface area contributed by atoms with Crippen molar-refractivity contribution in [1.82, 2.24) is 10.2 Å². The van der Waals surface area contributed by atoms with Gasteiger partial charge in [-0.1, -0.05) is 45.2 Å². The van der Waals surface area contributed by atoms with E-state index in [0.717, 1.165) is 64.8 Å². The zero-order chi connectivity index (χ0) is 20.0. The number of ether oxygens (including phenoxy) is 1. The summed E-state index contributed by atoms with van der Waals surface area (Å²) in [6, 6.07) is 9.08. The number of nitrogens with one attached hydrogen (secondary N) is 1. The van der Waals surface area contributed by atoms with E-state index in [4.69, 9.17) is 4.74 Å². The molecule has 4 heteroatoms. The normalized spacial score (nSPS) is 16.5. The highest BCUT2D eigenvalue weighted by Crippen LogP contribution is 2.17. The van der Waals surface area contributed by atoms with Crippen LogP contribution in [0.4, 0.5) is 5.69 Å². The van der Waals surface area contributed by atoms with Crippen LogP contribution < -0.4 is 10.2 Å². The number of rotatable bonds is 14. The van der Waals surface area contributed by atoms with Crippen LogP contribution in [0.25, 0.3) is 0 Å². The van der Waals surface area contributed by atoms with Crippen molar-refractivity contribution in [3.05, 3.63) is 29.8 Å². The lowest BCUT2D eigenvalue weighted by Crippen LogP contribution is -2.44. The summed E-state index contributed by atoms with van der Waals surface area (Å²) >= 11 is 0. The summed E-state index contributed by atoms with van der Waals surface area (Å²) < 4.78 is 5.76. The summed E-state index contributed by atoms with van der Waals surface area (Å²) in [5, 5.41) is 3.56. The van der Waals surface area contributed by atoms with Gasteiger partial charge in [-0.3, -0.25) is 0 Å². The lowest BCUT2D eigenvalue weighted by atomic mass is 10.0. The molecule has 1 aromatic rings. The molecule has 1 heterocycles. The molecule has 1 unspecified atom stereocenters. The Labute approximate surface area is 173 Å². The van der Waals surface area contributed by atoms with Crippen molar-refractivity contribution >= 4 is 5.69 Å². The molecule has 4 nitrogen and oxygen atoms in total. The van der Waals surface area contributed by atoms with Gasteiger partial charge in [-0.25, -0.2) is 0 Å². The predicted octanol–water partition coefficient (Wildman–Crippen LogP) is 4.54. The van der Waals surface area contributed by atoms with E-state index >= 15 is 0 Å². The minimum absolute atomic E-state index is 0.870. The SMILES string of the molecule is CCC(C)CCCCOCCCCNCc1ccc(N2CCN(C)CC2)cc1. The second-order valence-electron chi connectivity index (χ2n) is 8.46. The molecule has 1 atom stereocenters. The van der Waals surface area contributed by atoms with Gasteiger partial charge in [0.2, 0.25) is 0 Å². The Bertz CT molecular complexity index is 497. The number of nitrogens with zero attached hydrogens (tertiary/aromatic N) is 2. The molecule has 0 radical (unpaired) electrons. The zero-order valence-electron chi connectivity index (χ0n) is 18.6. The highest BCUT2D eigenvalue weighted by Gasteiger charge is 2.13. The van der Waals surface area contributed by atoms with Gasteiger partial charge in [0.25, 0.3) is 0 Å². The third-order valence-corrected chi connectivity index (χ3v) is 5.96. The van der Waals surface area contributed by atoms with Gasteiger partial charge in [0.05, 0.1) is 0 Å². The van der Waals surface area contributed by atoms with Crippen molar-refractivity contribution < 1.29 is 4.74 Å². The maximum Gasteiger partial charge on any atom is 0.0466 e. The number of unbranched alkanes of at least 4 members (excludes halogenated alkanes) is 2. The Morgan fingerprint density at radius 1 is 0.964 bits per heavy atom. The molecule has 2 rings (SSSR count). The third kappa shape index (κ3) is 9.40. The summed E-state index contributed by atoms with van der Waals surface area (Å²) in [4.78, 5) is 4.88. The lowest BCUT2D eigenvalue weighted by molar-refractivity contribution is 0.125. The topological polar surface area (TPSA) is 27.7 Å². The Balaban J connectivity index is 1.44. The molecule has 1 aliphatic heterocycles. The van der Waals surface area contributed by atoms with Crippen LogP contribution in [0.3, 0.4) is 0 Å². The average molecular weight is 390 g/mol. The van der Waals surface area contributed by atoms with Crippen LogP contribution in [-0.4, -0.2) is 57.9 Å². The van der Waals surface area contributed by atoms with Gasteiger partial charge >= 0.3 is 0 Å². The molecule has 0 bridgehead atoms. The van der Waals surface area contributed by atoms with Crippen molar-refractivity contribution in [3.63, 3.8) is 0 Å². The quantitative estimate of drug-likeness (QED) is 0.473. The standard InChI is InChI=1S/C24H43N3O/c1-4-22(2)9-5-7-19-28-20-8-6-14-25-21-23-10-12-24(13-11-23)27-17-15-26(3)16-18-27/h10-13,22,25H,4-9,14-21H2,1-3H3. The number of piperazine rings is 1. The fourth-order valence-corrected chi connectivity index (χ4v) is 3.58. The molecule has 0 saturated carbocycles. The number of likely N-dealkylation sites (N-methyl/N-ethyl adjacent to an activating group) is 1. The van der Waals surface area contributed by atoms with E-state index < -0.39 is 0 Å². The first-order chi connectivity index (χ1) is 13.7. The van der Waals surface area contributed by atoms with Gasteiger partial charge in [0, 0.05) is 51.6 Å². The minimum Gasteiger partial charge on any atom is -0.381 e. The summed E-state index contributed by atoms with van der Waals surface area (Å²) in [5.74, 6) is 0.870. The van der Waals surface area contributed by atoms with Crippen LogP contribution in [0.1, 0.15) is 57.9 Å². The molecule has 28 heavy (non-hydrogen) atoms. The molecule has 1 N–H and O–H groups in total. The summed E-state index contributed by atoms with van der Waals surface area (Å²) in [7, 11) is 2.20. The van der Waals surface area contributed by atoms with Gasteiger partial charge in [0.1, 0.15) is 0 Å². The predicted molar refractivity (Wildman–Crippen MR) is 121 cm³/mol. The van der Waals surface area contributed by atoms with E-state index in [1.165, 1.54) is 43.4 Å². The van der Waals surface area contributed by atoms with Gasteiger partial charge in [-0.15, -0.1) is 0 Å². The van der Waals surface area contributed by atoms with Crippen LogP contribution in [0.5, 0.6) is 0 Å². The van der Waals surface area contributed by atoms with Crippen LogP contribution in [0.2, 0.25) is 0 Å². The molecular formula is C24H43N3O. The van der Waals surface area contributed by atoms with Gasteiger partial charge in [-0.05, 0) is 56.5 Å². The van der Waals surface area contributed by atoms with E-state index in [1.807, 2.05) is 0 Å². The van der Waals surface area contributed by atoms with E-state index in [9.17, 15) is 0 Å². The third-order valence-electron chi connectivity index (χ3n) is 5.96. The summed E-state index contributed by atoms with van der Waals surface area (Å²) in [6.07, 6.45) is 7.51. The summed E-state index contributed by atoms with van der Waals surface area (Å²) in [5.41, 5.74) is 2.73. The van der Waals surface area contributed by atoms with E-state index in [0.29, 0.717) is 0 Å². The van der Waals surface area contributed by atoms with Crippen LogP contribution in [-0.2, 0) is 11.3 Å². The second kappa shape index (κ2) is 14.0. The largest absolute Gasteiger partial charge is 0.381 e. The van der Waals surface area contributed by atoms with E-state index in [2.05, 4.69) is 60.3 Å². The number of benzene rings is 1. The van der Waals surface area contributed by atoms with Crippen molar-refractivity contribution in [2.24, 2.45) is 5.92 Å². The first-order valence-electron chi connectivity index (χ1n) is 11.5. The molecule has 1 aliphatic rings. The monoisotopic (exact) mass is 389 g/mol. The zero-order valence-corrected chi connectivity index (χ0v) is 18.6. The Morgan fingerprint density at radius 2 is 1.64 bits per heavy atom. The first-order valence-corrected chi connectivity index (χ1v) is 11.5. The van der Waals surface area contributed by atoms with Gasteiger partial charge in [0.15, 0.2) is 0 Å². The molecule has 0 amide bonds. The fourth-order valence-electron chi connectivity index (χ4n) is 3.58. The van der Waals surface area contributed by atoms with Crippen molar-refractivity contribution in [2.75, 3.05) is 57.9 Å². The first kappa shape index (κ1) is 23.2. The van der Waals surface area contributed by atoms with Gasteiger partial charge in [-0.2, -0.15) is 0 Å². The molecule has 160 valence electrons. The molecule has 1 fully saturated rings. The van der Waals surface area contributed by atoms with E-state index in [-0.39, 0.29) is 0 Å². The van der Waals surface area contributed by atoms with Gasteiger partial charge < -0.3 is 19.9 Å². The maximum atomic E-state index is 5.76. The van der Waals surface area contributed by atoms with E-state index in [1.54, 1.807) is 0 Å². The van der Waals surface area contributed by atoms with Crippen molar-refractivity contribution in [3.8, 4) is 0 Å². The van der Waals surface area contributed by atoms with Crippen LogP contribution in [0, 0.1) is 5.92 Å². The Kier molecular flexibility index (Phi) is 11.6. The average Bonchev–Trinajstić information content (AvgIpc) is 2.73. The Morgan fingerprint density at radius 3 is 2.32 bits per heavy atom. The molecule has 1 saturated heterocycles. The molecule has 0 aromatic heterocycles. The van der Waals surface area contributed by atoms with Crippen LogP contribution in [0.15, 0.2) is 24.3 Å². The second-order valence-corrected chi connectivity index (χ2v) is 8.46. The van der Waals surface area contributed by atoms with Crippen molar-refractivity contribution in [2.45, 2.75) is 58.9 Å². The maximum absolute atomic E-state index is 5.76. The molecule has 1 aromatic carbocycles. The van der Waals surface area contributed by atoms with Crippen molar-refractivity contribution in [1.29, 1.82) is 0 Å². The lowest BCUT2D eigenvalue weighted by Gasteiger charge is -2.34. The Hall–Kier alpha value is -1.10. The number of hydrogen-bond donors (Lipinski definition) is 1. The minimum atomic E-state index is 0.870. The molecule has 0 aliphatic carbocycles. The highest BCUT2D eigenvalue weighted by atomic mass is 16.5. The number of anilines is 1. The smallest absolute Gasteiger partial charge is 0.0466 e. The molecule has 0 spiro atoms. The highest BCUT2D eigenvalue weighted by molar-refractivity contribution is 5.48. The fraction of sp³-hybridized carbons (Fsp3) is 0.750. The number of hydrogen-bond acceptors (Lipinski definition) is 4. The molecular weight excluding hydrogens is 346 g/mol. The van der Waals surface area contributed by atoms with Crippen LogP contribution >= 0.6 is 0 Å².